The Morgan fingerprint density at radius 2 is 0.938 bits per heavy atom. The van der Waals surface area contributed by atoms with Crippen molar-refractivity contribution in [3.05, 3.63) is 121 Å². The van der Waals surface area contributed by atoms with Gasteiger partial charge >= 0.3 is 41.0 Å². The van der Waals surface area contributed by atoms with Gasteiger partial charge in [0.15, 0.2) is 0 Å². The van der Waals surface area contributed by atoms with Crippen LogP contribution in [0.4, 0.5) is 0 Å². The maximum absolute atomic E-state index is 12.5. The Kier molecular flexibility index (Phi) is 78.6. The zero-order valence-corrected chi connectivity index (χ0v) is 59.1. The number of hydrogen-bond acceptors (Lipinski definition) is 10. The van der Waals surface area contributed by atoms with E-state index in [1.807, 2.05) is 107 Å². The Morgan fingerprint density at radius 3 is 1.22 bits per heavy atom. The number of halogens is 3. The van der Waals surface area contributed by atoms with Gasteiger partial charge in [-0.15, -0.1) is 24.8 Å². The molecule has 3 rings (SSSR count). The number of aliphatic hydroxyl groups excluding tert-OH is 1. The summed E-state index contributed by atoms with van der Waals surface area (Å²) in [6.45, 7) is 36.7. The number of benzene rings is 3. The molecule has 12 nitrogen and oxygen atoms in total. The van der Waals surface area contributed by atoms with E-state index in [0.717, 1.165) is 68.7 Å². The van der Waals surface area contributed by atoms with Crippen molar-refractivity contribution >= 4 is 107 Å². The van der Waals surface area contributed by atoms with Crippen LogP contribution in [0.2, 0.25) is 0 Å². The smallest absolute Gasteiger partial charge is 1.00 e. The zero-order valence-electron chi connectivity index (χ0n) is 51.8. The van der Waals surface area contributed by atoms with E-state index in [1.165, 1.54) is 25.7 Å². The van der Waals surface area contributed by atoms with E-state index in [1.54, 1.807) is 68.6 Å². The minimum Gasteiger partial charge on any atom is -1.00 e. The topological polar surface area (TPSA) is 184 Å². The van der Waals surface area contributed by atoms with Gasteiger partial charge in [-0.2, -0.15) is 24.3 Å². The number of esters is 3. The molecule has 0 aliphatic carbocycles. The van der Waals surface area contributed by atoms with E-state index < -0.39 is 22.0 Å². The molecule has 0 heterocycles. The maximum Gasteiger partial charge on any atom is 2.00 e. The summed E-state index contributed by atoms with van der Waals surface area (Å²) >= 11 is 0. The third-order valence-corrected chi connectivity index (χ3v) is 12.7. The van der Waals surface area contributed by atoms with Gasteiger partial charge in [0.2, 0.25) is 0 Å². The normalized spacial score (nSPS) is 11.4. The van der Waals surface area contributed by atoms with Crippen molar-refractivity contribution in [3.63, 3.8) is 0 Å². The van der Waals surface area contributed by atoms with Crippen molar-refractivity contribution in [2.24, 2.45) is 10.1 Å². The largest absolute Gasteiger partial charge is 2.00 e. The summed E-state index contributed by atoms with van der Waals surface area (Å²) in [7, 11) is -1.42. The molecule has 19 heteroatoms. The van der Waals surface area contributed by atoms with Crippen molar-refractivity contribution < 1.29 is 59.1 Å². The number of ether oxygens (including phenoxy) is 3. The molecule has 0 saturated heterocycles. The van der Waals surface area contributed by atoms with E-state index >= 15 is 0 Å². The van der Waals surface area contributed by atoms with Gasteiger partial charge < -0.3 is 56.4 Å². The Bertz CT molecular complexity index is 1990. The van der Waals surface area contributed by atoms with Crippen LogP contribution in [-0.2, 0) is 36.2 Å². The third-order valence-electron chi connectivity index (χ3n) is 9.74. The number of carbonyl (C=O) groups excluding carboxylic acids is 3. The summed E-state index contributed by atoms with van der Waals surface area (Å²) < 4.78 is 46.3. The molecule has 0 amide bonds. The van der Waals surface area contributed by atoms with Crippen LogP contribution in [0, 0.1) is 14.4 Å². The molecule has 3 aromatic carbocycles. The third kappa shape index (κ3) is 52.2. The second kappa shape index (κ2) is 61.2. The standard InChI is InChI=1S/C20H33NO3S.C16H25NO2.C15H21NO3S.C5H11.C2H6.CH4O.2CH4.CH3.BrH.2ClH.Mg.H2S/c1-7-8-9-10-18(21-25(23)20(4,5)6)16-11-13-17(14-12-16)19(22)24-15(2)3;1-4-5-6-7-15(17)13-8-10-14(11-9-13)16(18)19-12(2)3;1-11(2)19-14(17)13-8-6-12(7-9-13)10-16-20(18)15(3,4)5;1-3-5-4-2;2*1-2;;;;;;;;/h11-15,18,21H,7-10H2,1-6H3;8-12,15H,4-7,17H2,1-3H3;6-11H,1-5H3;1,3-5H2,2H3;1-2H3;2H,1H3;2*1H4;1H3;3*1H;;1H2/q;;;-1;;;;;-1;;;;+2;/p-1/t18-,25+;15-;20-;;;;;;;;;;;/m110.........../s1. The van der Waals surface area contributed by atoms with Crippen molar-refractivity contribution in [1.82, 2.24) is 4.72 Å². The molecule has 81 heavy (non-hydrogen) atoms. The number of carbonyl (C=O) groups is 3. The Morgan fingerprint density at radius 1 is 0.617 bits per heavy atom. The average Bonchev–Trinajstić information content (AvgIpc) is 3.34. The summed E-state index contributed by atoms with van der Waals surface area (Å²) in [6, 6.07) is 21.8. The number of unbranched alkanes of at least 4 members (excludes halogenated alkanes) is 6. The number of aliphatic hydroxyl groups is 1. The van der Waals surface area contributed by atoms with Crippen LogP contribution in [0.25, 0.3) is 0 Å². The van der Waals surface area contributed by atoms with Gasteiger partial charge in [-0.05, 0) is 149 Å². The molecule has 0 spiro atoms. The molecule has 3 aromatic rings. The second-order valence-electron chi connectivity index (χ2n) is 19.7. The fourth-order valence-corrected chi connectivity index (χ4v) is 7.16. The molecule has 0 fully saturated rings. The van der Waals surface area contributed by atoms with Crippen LogP contribution in [-0.4, -0.2) is 95.6 Å². The first-order valence-corrected chi connectivity index (χ1v) is 28.6. The average molecular weight is 1320 g/mol. The van der Waals surface area contributed by atoms with E-state index in [9.17, 15) is 22.8 Å². The van der Waals surface area contributed by atoms with Gasteiger partial charge in [-0.3, -0.25) is 0 Å². The fraction of sp³-hybridized carbons (Fsp3) is 0.613. The minimum atomic E-state index is -1.28. The molecule has 0 saturated carbocycles. The van der Waals surface area contributed by atoms with E-state index in [4.69, 9.17) is 25.1 Å². The predicted octanol–water partition coefficient (Wildman–Crippen LogP) is 13.8. The zero-order chi connectivity index (χ0) is 56.7. The van der Waals surface area contributed by atoms with Crippen molar-refractivity contribution in [2.45, 2.75) is 243 Å². The van der Waals surface area contributed by atoms with Gasteiger partial charge in [0, 0.05) is 25.4 Å². The SMILES string of the molecule is C.C.CC.CC(C)OC(=O)c1ccc(C=N[S@@](=O)C(C)(C)C)cc1.CCCCC[C@@H](N)c1ccc(C(=O)OC(C)C)cc1.CCCCC[C@@H](N[S@@](=O)C(C)(C)C)c1ccc(C(=O)OC(C)C)cc1.CO.Cl.Cl.S.[Br-].[CH2-]CCCC.[CH3-].[Mg+2]. The van der Waals surface area contributed by atoms with Crippen molar-refractivity contribution in [3.8, 4) is 0 Å². The van der Waals surface area contributed by atoms with Crippen LogP contribution in [0.5, 0.6) is 0 Å². The van der Waals surface area contributed by atoms with Crippen LogP contribution in [0.1, 0.15) is 263 Å². The molecular weight excluding hydrogens is 1200 g/mol. The molecule has 0 unspecified atom stereocenters. The monoisotopic (exact) mass is 1310 g/mol. The molecule has 4 N–H and O–H groups in total. The molecule has 0 radical (unpaired) electrons. The van der Waals surface area contributed by atoms with Crippen molar-refractivity contribution in [2.75, 3.05) is 7.11 Å². The molecule has 0 aromatic heterocycles. The number of rotatable bonds is 22. The number of nitrogens with two attached hydrogens (primary N) is 1. The first-order chi connectivity index (χ1) is 34.3. The summed E-state index contributed by atoms with van der Waals surface area (Å²) in [5, 5.41) is 7.00. The van der Waals surface area contributed by atoms with Gasteiger partial charge in [-0.1, -0.05) is 137 Å². The Labute approximate surface area is 547 Å². The van der Waals surface area contributed by atoms with Gasteiger partial charge in [0.25, 0.3) is 0 Å². The van der Waals surface area contributed by atoms with E-state index in [0.29, 0.717) is 16.7 Å². The number of hydrogen-bond donors (Lipinski definition) is 3. The van der Waals surface area contributed by atoms with E-state index in [2.05, 4.69) is 36.8 Å². The number of nitrogens with one attached hydrogen (secondary N) is 1. The first kappa shape index (κ1) is 104. The molecule has 4 atom stereocenters. The van der Waals surface area contributed by atoms with Crippen LogP contribution in [0.15, 0.2) is 77.2 Å². The molecule has 474 valence electrons. The van der Waals surface area contributed by atoms with Gasteiger partial charge in [0.1, 0.15) is 11.0 Å². The number of nitrogens with zero attached hydrogens (tertiary/aromatic N) is 1. The van der Waals surface area contributed by atoms with E-state index in [-0.39, 0.29) is 158 Å². The summed E-state index contributed by atoms with van der Waals surface area (Å²) in [5.41, 5.74) is 10.7. The summed E-state index contributed by atoms with van der Waals surface area (Å²) in [5.74, 6) is -0.932. The quantitative estimate of drug-likeness (QED) is 0.0218. The molecule has 0 aliphatic rings. The van der Waals surface area contributed by atoms with Gasteiger partial charge in [-0.25, -0.2) is 27.5 Å². The molecule has 0 aliphatic heterocycles. The van der Waals surface area contributed by atoms with Crippen molar-refractivity contribution in [1.29, 1.82) is 0 Å². The Balaban J connectivity index is -0.0000000901. The van der Waals surface area contributed by atoms with Crippen LogP contribution < -0.4 is 27.4 Å². The van der Waals surface area contributed by atoms with Crippen LogP contribution in [0.3, 0.4) is 0 Å². The predicted molar refractivity (Wildman–Crippen MR) is 360 cm³/mol. The maximum atomic E-state index is 12.5. The second-order valence-corrected chi connectivity index (χ2v) is 23.6. The molecule has 0 bridgehead atoms. The summed E-state index contributed by atoms with van der Waals surface area (Å²) in [4.78, 5) is 35.3. The minimum absolute atomic E-state index is 0. The van der Waals surface area contributed by atoms with Crippen LogP contribution >= 0.6 is 38.3 Å². The summed E-state index contributed by atoms with van der Waals surface area (Å²) in [6.07, 6.45) is 13.7. The van der Waals surface area contributed by atoms with Gasteiger partial charge in [0.05, 0.1) is 55.5 Å². The Hall–Kier alpha value is -1.90. The molecular formula is C62H115BrCl2MgN3O9S3-. The first-order valence-electron chi connectivity index (χ1n) is 26.4. The fourth-order valence-electron chi connectivity index (χ4n) is 5.77.